The molecule has 1 heterocycles. The number of likely N-dealkylation sites (N-methyl/N-ethyl adjacent to an activating group) is 1. The molecule has 3 nitrogen and oxygen atoms in total. The quantitative estimate of drug-likeness (QED) is 0.927. The van der Waals surface area contributed by atoms with E-state index >= 15 is 0 Å². The van der Waals surface area contributed by atoms with Gasteiger partial charge in [0, 0.05) is 42.4 Å². The van der Waals surface area contributed by atoms with Gasteiger partial charge in [-0.25, -0.2) is 0 Å². The van der Waals surface area contributed by atoms with Crippen LogP contribution in [0.25, 0.3) is 0 Å². The molecule has 4 heteroatoms. The minimum absolute atomic E-state index is 0.220. The first-order valence-corrected chi connectivity index (χ1v) is 7.88. The molecule has 2 atom stereocenters. The van der Waals surface area contributed by atoms with Crippen molar-refractivity contribution in [3.63, 3.8) is 0 Å². The average Bonchev–Trinajstić information content (AvgIpc) is 2.41. The Bertz CT molecular complexity index is 449. The third kappa shape index (κ3) is 3.66. The average molecular weight is 296 g/mol. The van der Waals surface area contributed by atoms with E-state index in [1.54, 1.807) is 0 Å². The number of benzene rings is 1. The molecule has 2 unspecified atom stereocenters. The molecule has 1 aliphatic heterocycles. The molecular formula is C16H26ClN3. The molecule has 2 rings (SSSR count). The van der Waals surface area contributed by atoms with Crippen LogP contribution >= 0.6 is 11.6 Å². The van der Waals surface area contributed by atoms with Gasteiger partial charge < -0.3 is 15.5 Å². The van der Waals surface area contributed by atoms with Crippen LogP contribution in [0.3, 0.4) is 0 Å². The van der Waals surface area contributed by atoms with Crippen molar-refractivity contribution in [3.8, 4) is 0 Å². The van der Waals surface area contributed by atoms with E-state index in [9.17, 15) is 0 Å². The van der Waals surface area contributed by atoms with Crippen molar-refractivity contribution in [1.29, 1.82) is 0 Å². The summed E-state index contributed by atoms with van der Waals surface area (Å²) in [5, 5.41) is 0.806. The highest BCUT2D eigenvalue weighted by Crippen LogP contribution is 2.29. The smallest absolute Gasteiger partial charge is 0.0426 e. The second-order valence-electron chi connectivity index (χ2n) is 5.95. The van der Waals surface area contributed by atoms with Gasteiger partial charge in [0.25, 0.3) is 0 Å². The molecule has 0 saturated carbocycles. The van der Waals surface area contributed by atoms with Crippen LogP contribution in [-0.2, 0) is 6.42 Å². The highest BCUT2D eigenvalue weighted by Gasteiger charge is 2.24. The maximum atomic E-state index is 6.21. The van der Waals surface area contributed by atoms with Crippen molar-refractivity contribution in [1.82, 2.24) is 4.90 Å². The zero-order valence-electron chi connectivity index (χ0n) is 12.8. The van der Waals surface area contributed by atoms with E-state index in [2.05, 4.69) is 42.8 Å². The summed E-state index contributed by atoms with van der Waals surface area (Å²) in [5.74, 6) is 0. The SMILES string of the molecule is CCC(N)Cc1ccc(Cl)cc1N1CCN(C)CC1C. The van der Waals surface area contributed by atoms with Crippen molar-refractivity contribution < 1.29 is 0 Å². The first kappa shape index (κ1) is 15.6. The maximum Gasteiger partial charge on any atom is 0.0426 e. The standard InChI is InChI=1S/C16H26ClN3/c1-4-15(18)9-13-5-6-14(17)10-16(13)20-8-7-19(3)11-12(20)2/h5-6,10,12,15H,4,7-9,11,18H2,1-3H3. The Morgan fingerprint density at radius 3 is 2.80 bits per heavy atom. The molecule has 0 aromatic heterocycles. The molecule has 1 aromatic rings. The lowest BCUT2D eigenvalue weighted by Gasteiger charge is -2.41. The van der Waals surface area contributed by atoms with Gasteiger partial charge in [0.1, 0.15) is 0 Å². The third-order valence-electron chi connectivity index (χ3n) is 4.19. The minimum Gasteiger partial charge on any atom is -0.366 e. The number of nitrogens with two attached hydrogens (primary N) is 1. The van der Waals surface area contributed by atoms with E-state index in [4.69, 9.17) is 17.3 Å². The highest BCUT2D eigenvalue weighted by atomic mass is 35.5. The molecule has 2 N–H and O–H groups in total. The summed E-state index contributed by atoms with van der Waals surface area (Å²) >= 11 is 6.21. The van der Waals surface area contributed by atoms with E-state index in [0.29, 0.717) is 6.04 Å². The molecule has 0 aliphatic carbocycles. The lowest BCUT2D eigenvalue weighted by atomic mass is 10.0. The summed E-state index contributed by atoms with van der Waals surface area (Å²) in [7, 11) is 2.18. The van der Waals surface area contributed by atoms with Gasteiger partial charge in [-0.3, -0.25) is 0 Å². The van der Waals surface area contributed by atoms with E-state index < -0.39 is 0 Å². The molecule has 1 saturated heterocycles. The normalized spacial score (nSPS) is 22.1. The number of nitrogens with zero attached hydrogens (tertiary/aromatic N) is 2. The van der Waals surface area contributed by atoms with Crippen molar-refractivity contribution in [2.75, 3.05) is 31.6 Å². The van der Waals surface area contributed by atoms with Crippen LogP contribution in [0.5, 0.6) is 0 Å². The van der Waals surface area contributed by atoms with E-state index in [1.165, 1.54) is 11.3 Å². The van der Waals surface area contributed by atoms with Gasteiger partial charge in [0.2, 0.25) is 0 Å². The van der Waals surface area contributed by atoms with Crippen LogP contribution in [-0.4, -0.2) is 43.7 Å². The fourth-order valence-corrected chi connectivity index (χ4v) is 3.07. The van der Waals surface area contributed by atoms with Gasteiger partial charge >= 0.3 is 0 Å². The van der Waals surface area contributed by atoms with Crippen LogP contribution in [0.4, 0.5) is 5.69 Å². The Kier molecular flexibility index (Phi) is 5.30. The Hall–Kier alpha value is -0.770. The Balaban J connectivity index is 2.26. The molecular weight excluding hydrogens is 270 g/mol. The fourth-order valence-electron chi connectivity index (χ4n) is 2.90. The lowest BCUT2D eigenvalue weighted by molar-refractivity contribution is 0.275. The molecule has 0 bridgehead atoms. The van der Waals surface area contributed by atoms with Crippen LogP contribution in [0.15, 0.2) is 18.2 Å². The molecule has 20 heavy (non-hydrogen) atoms. The largest absolute Gasteiger partial charge is 0.366 e. The Labute approximate surface area is 127 Å². The van der Waals surface area contributed by atoms with Crippen molar-refractivity contribution in [2.45, 2.75) is 38.8 Å². The molecule has 0 amide bonds. The van der Waals surface area contributed by atoms with Crippen molar-refractivity contribution in [2.24, 2.45) is 5.73 Å². The van der Waals surface area contributed by atoms with Gasteiger partial charge in [0.05, 0.1) is 0 Å². The highest BCUT2D eigenvalue weighted by molar-refractivity contribution is 6.30. The van der Waals surface area contributed by atoms with Gasteiger partial charge in [0.15, 0.2) is 0 Å². The van der Waals surface area contributed by atoms with Crippen LogP contribution < -0.4 is 10.6 Å². The first-order chi connectivity index (χ1) is 9.51. The van der Waals surface area contributed by atoms with Gasteiger partial charge in [-0.15, -0.1) is 0 Å². The Morgan fingerprint density at radius 2 is 2.15 bits per heavy atom. The number of hydrogen-bond acceptors (Lipinski definition) is 3. The lowest BCUT2D eigenvalue weighted by Crippen LogP contribution is -2.50. The van der Waals surface area contributed by atoms with E-state index in [1.807, 2.05) is 6.07 Å². The predicted molar refractivity (Wildman–Crippen MR) is 87.7 cm³/mol. The molecule has 1 aliphatic rings. The number of piperazine rings is 1. The number of anilines is 1. The summed E-state index contributed by atoms with van der Waals surface area (Å²) in [6, 6.07) is 6.93. The second kappa shape index (κ2) is 6.79. The monoisotopic (exact) mass is 295 g/mol. The molecule has 1 aromatic carbocycles. The topological polar surface area (TPSA) is 32.5 Å². The predicted octanol–water partition coefficient (Wildman–Crippen LogP) is 2.76. The summed E-state index contributed by atoms with van der Waals surface area (Å²) in [5.41, 5.74) is 8.72. The molecule has 112 valence electrons. The number of hydrogen-bond donors (Lipinski definition) is 1. The summed E-state index contributed by atoms with van der Waals surface area (Å²) in [4.78, 5) is 4.85. The maximum absolute atomic E-state index is 6.21. The van der Waals surface area contributed by atoms with E-state index in [-0.39, 0.29) is 6.04 Å². The van der Waals surface area contributed by atoms with Crippen LogP contribution in [0.1, 0.15) is 25.8 Å². The number of halogens is 1. The molecule has 0 spiro atoms. The number of rotatable bonds is 4. The molecule has 1 fully saturated rings. The minimum atomic E-state index is 0.220. The summed E-state index contributed by atoms with van der Waals surface area (Å²) in [6.45, 7) is 7.65. The van der Waals surface area contributed by atoms with Gasteiger partial charge in [-0.1, -0.05) is 24.6 Å². The van der Waals surface area contributed by atoms with Gasteiger partial charge in [-0.2, -0.15) is 0 Å². The van der Waals surface area contributed by atoms with Crippen LogP contribution in [0.2, 0.25) is 5.02 Å². The van der Waals surface area contributed by atoms with E-state index in [0.717, 1.165) is 37.5 Å². The zero-order valence-corrected chi connectivity index (χ0v) is 13.5. The molecule has 0 radical (unpaired) electrons. The fraction of sp³-hybridized carbons (Fsp3) is 0.625. The van der Waals surface area contributed by atoms with Crippen molar-refractivity contribution in [3.05, 3.63) is 28.8 Å². The summed E-state index contributed by atoms with van der Waals surface area (Å²) in [6.07, 6.45) is 1.92. The third-order valence-corrected chi connectivity index (χ3v) is 4.43. The first-order valence-electron chi connectivity index (χ1n) is 7.50. The second-order valence-corrected chi connectivity index (χ2v) is 6.39. The van der Waals surface area contributed by atoms with Gasteiger partial charge in [-0.05, 0) is 44.5 Å². The zero-order chi connectivity index (χ0) is 14.7. The summed E-state index contributed by atoms with van der Waals surface area (Å²) < 4.78 is 0. The van der Waals surface area contributed by atoms with Crippen molar-refractivity contribution >= 4 is 17.3 Å². The van der Waals surface area contributed by atoms with Crippen LogP contribution in [0, 0.1) is 0 Å². The Morgan fingerprint density at radius 1 is 1.40 bits per heavy atom.